The van der Waals surface area contributed by atoms with Crippen molar-refractivity contribution < 1.29 is 4.79 Å². The molecule has 1 N–H and O–H groups in total. The Balaban J connectivity index is 0.00000147. The molecule has 2 heterocycles. The minimum Gasteiger partial charge on any atom is -0.348 e. The second-order valence-electron chi connectivity index (χ2n) is 4.67. The maximum Gasteiger partial charge on any atom is 0.324 e. The minimum absolute atomic E-state index is 0. The van der Waals surface area contributed by atoms with Gasteiger partial charge in [0.1, 0.15) is 0 Å². The number of imidazole rings is 1. The predicted molar refractivity (Wildman–Crippen MR) is 80.2 cm³/mol. The van der Waals surface area contributed by atoms with Crippen molar-refractivity contribution in [2.45, 2.75) is 13.5 Å². The van der Waals surface area contributed by atoms with Crippen molar-refractivity contribution >= 4 is 24.1 Å². The van der Waals surface area contributed by atoms with E-state index >= 15 is 0 Å². The van der Waals surface area contributed by atoms with Gasteiger partial charge in [0.25, 0.3) is 0 Å². The van der Waals surface area contributed by atoms with Crippen molar-refractivity contribution in [1.29, 1.82) is 0 Å². The fourth-order valence-corrected chi connectivity index (χ4v) is 2.30. The van der Waals surface area contributed by atoms with E-state index in [0.29, 0.717) is 6.54 Å². The number of para-hydroxylation sites is 1. The fourth-order valence-electron chi connectivity index (χ4n) is 2.30. The average molecular weight is 293 g/mol. The molecule has 0 aliphatic carbocycles. The number of benzene rings is 1. The molecule has 0 saturated carbocycles. The molecule has 1 aromatic heterocycles. The van der Waals surface area contributed by atoms with Crippen LogP contribution in [0.25, 0.3) is 0 Å². The maximum absolute atomic E-state index is 12.4. The molecule has 3 rings (SSSR count). The minimum atomic E-state index is 0. The first-order valence-corrected chi connectivity index (χ1v) is 6.36. The molecule has 2 aromatic rings. The highest BCUT2D eigenvalue weighted by atomic mass is 35.5. The van der Waals surface area contributed by atoms with E-state index in [1.807, 2.05) is 47.1 Å². The number of carbonyl (C=O) groups is 1. The van der Waals surface area contributed by atoms with Gasteiger partial charge in [0.05, 0.1) is 18.6 Å². The maximum atomic E-state index is 12.4. The molecule has 1 aliphatic heterocycles. The molecule has 20 heavy (non-hydrogen) atoms. The number of carbonyl (C=O) groups excluding carboxylic acids is 1. The summed E-state index contributed by atoms with van der Waals surface area (Å²) in [5, 5.41) is 0. The van der Waals surface area contributed by atoms with E-state index in [9.17, 15) is 4.79 Å². The highest BCUT2D eigenvalue weighted by Crippen LogP contribution is 2.21. The molecule has 1 aromatic carbocycles. The van der Waals surface area contributed by atoms with Gasteiger partial charge in [-0.05, 0) is 19.1 Å². The molecular weight excluding hydrogens is 276 g/mol. The average Bonchev–Trinajstić information content (AvgIpc) is 2.99. The monoisotopic (exact) mass is 292 g/mol. The molecule has 0 radical (unpaired) electrons. The number of aromatic amines is 1. The van der Waals surface area contributed by atoms with Crippen LogP contribution in [0.2, 0.25) is 0 Å². The van der Waals surface area contributed by atoms with Gasteiger partial charge in [-0.15, -0.1) is 12.4 Å². The molecule has 0 atom stereocenters. The van der Waals surface area contributed by atoms with Crippen molar-refractivity contribution in [3.63, 3.8) is 0 Å². The first kappa shape index (κ1) is 14.4. The summed E-state index contributed by atoms with van der Waals surface area (Å²) in [5.41, 5.74) is 2.91. The van der Waals surface area contributed by atoms with E-state index in [1.165, 1.54) is 0 Å². The Labute approximate surface area is 124 Å². The van der Waals surface area contributed by atoms with E-state index < -0.39 is 0 Å². The highest BCUT2D eigenvalue weighted by Gasteiger charge is 2.29. The lowest BCUT2D eigenvalue weighted by Crippen LogP contribution is -2.31. The van der Waals surface area contributed by atoms with Gasteiger partial charge in [0.2, 0.25) is 0 Å². The van der Waals surface area contributed by atoms with Crippen molar-refractivity contribution in [2.24, 2.45) is 0 Å². The van der Waals surface area contributed by atoms with Crippen molar-refractivity contribution in [1.82, 2.24) is 14.9 Å². The number of aryl methyl sites for hydroxylation is 1. The van der Waals surface area contributed by atoms with Gasteiger partial charge in [-0.2, -0.15) is 0 Å². The number of urea groups is 1. The Kier molecular flexibility index (Phi) is 4.29. The number of nitrogens with one attached hydrogen (secondary N) is 1. The fraction of sp³-hybridized carbons (Fsp3) is 0.286. The number of halogens is 1. The van der Waals surface area contributed by atoms with Gasteiger partial charge in [-0.3, -0.25) is 4.90 Å². The summed E-state index contributed by atoms with van der Waals surface area (Å²) in [4.78, 5) is 23.3. The Bertz CT molecular complexity index is 584. The van der Waals surface area contributed by atoms with Crippen molar-refractivity contribution in [3.8, 4) is 0 Å². The molecular formula is C14H17ClN4O. The molecule has 1 fully saturated rings. The first-order chi connectivity index (χ1) is 9.25. The summed E-state index contributed by atoms with van der Waals surface area (Å²) in [6.07, 6.45) is 1.67. The Morgan fingerprint density at radius 3 is 2.65 bits per heavy atom. The standard InChI is InChI=1S/C14H16N4O.ClH/c1-11-13(16-10-15-11)9-17-7-8-18(14(17)19)12-5-3-2-4-6-12;/h2-6,10H,7-9H2,1H3,(H,15,16);1H. The summed E-state index contributed by atoms with van der Waals surface area (Å²) in [5.74, 6) is 0. The molecule has 1 saturated heterocycles. The van der Waals surface area contributed by atoms with Crippen LogP contribution in [0.15, 0.2) is 36.7 Å². The van der Waals surface area contributed by atoms with E-state index in [-0.39, 0.29) is 18.4 Å². The lowest BCUT2D eigenvalue weighted by atomic mass is 10.3. The van der Waals surface area contributed by atoms with Gasteiger partial charge < -0.3 is 9.88 Å². The zero-order chi connectivity index (χ0) is 13.2. The smallest absolute Gasteiger partial charge is 0.324 e. The number of aromatic nitrogens is 2. The van der Waals surface area contributed by atoms with E-state index in [1.54, 1.807) is 6.33 Å². The summed E-state index contributed by atoms with van der Waals surface area (Å²) in [6, 6.07) is 9.82. The third kappa shape index (κ3) is 2.63. The van der Waals surface area contributed by atoms with Crippen LogP contribution in [0.3, 0.4) is 0 Å². The molecule has 0 unspecified atom stereocenters. The summed E-state index contributed by atoms with van der Waals surface area (Å²) >= 11 is 0. The van der Waals surface area contributed by atoms with Crippen molar-refractivity contribution in [3.05, 3.63) is 48.0 Å². The van der Waals surface area contributed by atoms with Gasteiger partial charge >= 0.3 is 6.03 Å². The lowest BCUT2D eigenvalue weighted by molar-refractivity contribution is 0.218. The molecule has 0 bridgehead atoms. The Morgan fingerprint density at radius 1 is 1.25 bits per heavy atom. The number of H-pyrrole nitrogens is 1. The number of nitrogens with zero attached hydrogens (tertiary/aromatic N) is 3. The quantitative estimate of drug-likeness (QED) is 0.945. The second kappa shape index (κ2) is 5.96. The van der Waals surface area contributed by atoms with Crippen LogP contribution in [-0.2, 0) is 6.54 Å². The summed E-state index contributed by atoms with van der Waals surface area (Å²) < 4.78 is 0. The number of hydrogen-bond donors (Lipinski definition) is 1. The summed E-state index contributed by atoms with van der Waals surface area (Å²) in [6.45, 7) is 4.00. The zero-order valence-electron chi connectivity index (χ0n) is 11.2. The number of anilines is 1. The zero-order valence-corrected chi connectivity index (χ0v) is 12.1. The second-order valence-corrected chi connectivity index (χ2v) is 4.67. The van der Waals surface area contributed by atoms with Crippen LogP contribution in [0.4, 0.5) is 10.5 Å². The Morgan fingerprint density at radius 2 is 2.00 bits per heavy atom. The van der Waals surface area contributed by atoms with Crippen molar-refractivity contribution in [2.75, 3.05) is 18.0 Å². The SMILES string of the molecule is Cc1[nH]cnc1CN1CCN(c2ccccc2)C1=O.Cl. The molecule has 6 heteroatoms. The van der Waals surface area contributed by atoms with Gasteiger partial charge in [-0.1, -0.05) is 18.2 Å². The molecule has 2 amide bonds. The molecule has 1 aliphatic rings. The number of amides is 2. The van der Waals surface area contributed by atoms with Crippen LogP contribution in [0.5, 0.6) is 0 Å². The molecule has 0 spiro atoms. The van der Waals surface area contributed by atoms with E-state index in [4.69, 9.17) is 0 Å². The van der Waals surface area contributed by atoms with E-state index in [2.05, 4.69) is 9.97 Å². The normalized spacial score (nSPS) is 14.6. The van der Waals surface area contributed by atoms with Gasteiger partial charge in [-0.25, -0.2) is 9.78 Å². The first-order valence-electron chi connectivity index (χ1n) is 6.36. The number of hydrogen-bond acceptors (Lipinski definition) is 2. The largest absolute Gasteiger partial charge is 0.348 e. The topological polar surface area (TPSA) is 52.2 Å². The third-order valence-electron chi connectivity index (χ3n) is 3.44. The van der Waals surface area contributed by atoms with Crippen LogP contribution in [0, 0.1) is 6.92 Å². The highest BCUT2D eigenvalue weighted by molar-refractivity contribution is 5.94. The Hall–Kier alpha value is -2.01. The van der Waals surface area contributed by atoms with Crippen LogP contribution < -0.4 is 4.90 Å². The van der Waals surface area contributed by atoms with Gasteiger partial charge in [0, 0.05) is 24.5 Å². The van der Waals surface area contributed by atoms with Crippen LogP contribution >= 0.6 is 12.4 Å². The van der Waals surface area contributed by atoms with Crippen LogP contribution in [-0.4, -0.2) is 34.0 Å². The van der Waals surface area contributed by atoms with Gasteiger partial charge in [0.15, 0.2) is 0 Å². The third-order valence-corrected chi connectivity index (χ3v) is 3.44. The predicted octanol–water partition coefficient (Wildman–Crippen LogP) is 2.58. The molecule has 5 nitrogen and oxygen atoms in total. The van der Waals surface area contributed by atoms with E-state index in [0.717, 1.165) is 30.2 Å². The number of rotatable bonds is 3. The molecule has 106 valence electrons. The van der Waals surface area contributed by atoms with Crippen LogP contribution in [0.1, 0.15) is 11.4 Å². The lowest BCUT2D eigenvalue weighted by Gasteiger charge is -2.18. The summed E-state index contributed by atoms with van der Waals surface area (Å²) in [7, 11) is 0.